The number of alkyl halides is 1. The lowest BCUT2D eigenvalue weighted by Gasteiger charge is -2.25. The van der Waals surface area contributed by atoms with Crippen molar-refractivity contribution in [2.24, 2.45) is 0 Å². The summed E-state index contributed by atoms with van der Waals surface area (Å²) in [6.07, 6.45) is 30.6. The van der Waals surface area contributed by atoms with Crippen LogP contribution < -0.4 is 14.2 Å². The van der Waals surface area contributed by atoms with Gasteiger partial charge in [0.15, 0.2) is 20.4 Å². The fourth-order valence-electron chi connectivity index (χ4n) is 10.3. The first kappa shape index (κ1) is 67.1. The van der Waals surface area contributed by atoms with Crippen molar-refractivity contribution >= 4 is 11.6 Å². The maximum atomic E-state index is 10.7. The van der Waals surface area contributed by atoms with E-state index in [9.17, 15) is 15.3 Å². The Morgan fingerprint density at radius 1 is 0.416 bits per heavy atom. The molecule has 3 atom stereocenters. The van der Waals surface area contributed by atoms with Crippen molar-refractivity contribution in [2.75, 3.05) is 52.9 Å². The highest BCUT2D eigenvalue weighted by molar-refractivity contribution is 6.17. The average Bonchev–Trinajstić information content (AvgIpc) is 3.40. The van der Waals surface area contributed by atoms with Crippen LogP contribution in [0.3, 0.4) is 0 Å². The minimum atomic E-state index is 0.161. The highest BCUT2D eigenvalue weighted by atomic mass is 35.5. The van der Waals surface area contributed by atoms with Crippen LogP contribution >= 0.6 is 11.6 Å². The van der Waals surface area contributed by atoms with Crippen molar-refractivity contribution in [3.63, 3.8) is 0 Å². The Morgan fingerprint density at radius 3 is 1.05 bits per heavy atom. The van der Waals surface area contributed by atoms with Crippen molar-refractivity contribution < 1.29 is 48.5 Å². The number of hydrogen-bond donors (Lipinski definition) is 3. The molecule has 10 nitrogen and oxygen atoms in total. The second-order valence-electron chi connectivity index (χ2n) is 20.9. The van der Waals surface area contributed by atoms with E-state index in [2.05, 4.69) is 82.7 Å². The molecule has 3 N–H and O–H groups in total. The third-order valence-corrected chi connectivity index (χ3v) is 14.5. The number of unbranched alkanes of at least 4 members (excludes halogenated alkanes) is 6. The molecule has 0 saturated heterocycles. The molecule has 77 heavy (non-hydrogen) atoms. The summed E-state index contributed by atoms with van der Waals surface area (Å²) in [7, 11) is 0. The minimum absolute atomic E-state index is 0.161. The molecule has 0 fully saturated rings. The van der Waals surface area contributed by atoms with Crippen LogP contribution in [0.1, 0.15) is 236 Å². The summed E-state index contributed by atoms with van der Waals surface area (Å²) in [6.45, 7) is 24.3. The normalized spacial score (nSPS) is 17.0. The summed E-state index contributed by atoms with van der Waals surface area (Å²) in [5, 5.41) is 31.2. The second-order valence-corrected chi connectivity index (χ2v) is 21.1. The SMILES string of the molecule is CCCCCc1cc(O)c(C2C=C(C)CCC2)c(O)c1.CCCCCc1cc(O)c(C2C=C(C)CCC2)c(OCOCC)c1.CCCCCc1cc(OCOCC)c(C2C=C(C)CCC2)c(OCOCC)c1.CCOCCl. The summed E-state index contributed by atoms with van der Waals surface area (Å²) in [5.41, 5.74) is 10.4. The molecule has 0 saturated carbocycles. The number of ether oxygens (including phenoxy) is 7. The topological polar surface area (TPSA) is 125 Å². The van der Waals surface area contributed by atoms with E-state index in [1.807, 2.05) is 45.9 Å². The molecule has 3 aromatic carbocycles. The summed E-state index contributed by atoms with van der Waals surface area (Å²) >= 11 is 5.08. The zero-order valence-corrected chi connectivity index (χ0v) is 50.3. The van der Waals surface area contributed by atoms with Gasteiger partial charge in [-0.25, -0.2) is 0 Å². The number of phenols is 3. The molecule has 0 aromatic heterocycles. The molecule has 3 aliphatic rings. The number of aryl methyl sites for hydroxylation is 3. The predicted molar refractivity (Wildman–Crippen MR) is 319 cm³/mol. The summed E-state index contributed by atoms with van der Waals surface area (Å²) in [5.74, 6) is 4.16. The van der Waals surface area contributed by atoms with Gasteiger partial charge in [-0.2, -0.15) is 0 Å². The van der Waals surface area contributed by atoms with Gasteiger partial charge in [0.05, 0.1) is 0 Å². The first-order chi connectivity index (χ1) is 37.4. The van der Waals surface area contributed by atoms with Gasteiger partial charge in [-0.3, -0.25) is 0 Å². The zero-order valence-electron chi connectivity index (χ0n) is 49.5. The molecule has 0 aliphatic heterocycles. The van der Waals surface area contributed by atoms with Crippen LogP contribution in [-0.2, 0) is 38.2 Å². The van der Waals surface area contributed by atoms with Crippen molar-refractivity contribution in [3.05, 3.63) is 105 Å². The summed E-state index contributed by atoms with van der Waals surface area (Å²) in [4.78, 5) is 0. The van der Waals surface area contributed by atoms with E-state index >= 15 is 0 Å². The molecule has 6 rings (SSSR count). The van der Waals surface area contributed by atoms with E-state index in [-0.39, 0.29) is 43.7 Å². The lowest BCUT2D eigenvalue weighted by Crippen LogP contribution is -2.12. The molecule has 11 heteroatoms. The van der Waals surface area contributed by atoms with Gasteiger partial charge in [0.2, 0.25) is 0 Å². The number of benzene rings is 3. The van der Waals surface area contributed by atoms with Crippen molar-refractivity contribution in [3.8, 4) is 34.5 Å². The van der Waals surface area contributed by atoms with E-state index in [1.54, 1.807) is 0 Å². The van der Waals surface area contributed by atoms with Gasteiger partial charge in [0, 0.05) is 60.9 Å². The van der Waals surface area contributed by atoms with Crippen LogP contribution in [0, 0.1) is 0 Å². The van der Waals surface area contributed by atoms with Gasteiger partial charge in [0.1, 0.15) is 40.6 Å². The first-order valence-corrected chi connectivity index (χ1v) is 30.3. The molecule has 3 aliphatic carbocycles. The Labute approximate surface area is 471 Å². The fourth-order valence-corrected chi connectivity index (χ4v) is 10.5. The number of hydrogen-bond acceptors (Lipinski definition) is 10. The van der Waals surface area contributed by atoms with Gasteiger partial charge >= 0.3 is 0 Å². The Morgan fingerprint density at radius 2 is 0.727 bits per heavy atom. The van der Waals surface area contributed by atoms with Gasteiger partial charge in [-0.15, -0.1) is 0 Å². The maximum absolute atomic E-state index is 10.7. The Balaban J connectivity index is 0.000000294. The van der Waals surface area contributed by atoms with Gasteiger partial charge in [0.25, 0.3) is 0 Å². The molecule has 0 spiro atoms. The molecule has 0 radical (unpaired) electrons. The van der Waals surface area contributed by atoms with Crippen molar-refractivity contribution in [1.82, 2.24) is 0 Å². The Hall–Kier alpha value is -4.19. The number of aromatic hydroxyl groups is 3. The number of allylic oxidation sites excluding steroid dienone is 6. The van der Waals surface area contributed by atoms with E-state index in [4.69, 9.17) is 40.0 Å². The smallest absolute Gasteiger partial charge is 0.189 e. The maximum Gasteiger partial charge on any atom is 0.189 e. The third-order valence-electron chi connectivity index (χ3n) is 14.4. The predicted octanol–water partition coefficient (Wildman–Crippen LogP) is 18.4. The Kier molecular flexibility index (Phi) is 34.9. The molecule has 3 aromatic rings. The standard InChI is InChI=1S/C24H38O4.C21H32O3.C18H26O2.C3H7ClO/c1-5-8-9-12-20-15-22(27-17-25-6-2)24(21-13-10-11-19(4)14-21)23(16-20)28-18-26-7-3;1-4-6-7-10-17-13-19(22)21(18-11-8-9-16(3)12-18)20(14-17)24-15-23-5-2;1-3-4-5-8-14-11-16(19)18(17(20)12-14)15-9-6-7-13(2)10-15;1-2-5-3-4/h14-16,21H,5-13,17-18H2,1-4H3;12-14,18,22H,4-11,15H2,1-3H3;10-12,15,19-20H,3-9H2,1-2H3;2-3H2,1H3. The van der Waals surface area contributed by atoms with E-state index < -0.39 is 0 Å². The van der Waals surface area contributed by atoms with Crippen LogP contribution in [0.25, 0.3) is 0 Å². The Bertz CT molecular complexity index is 2120. The van der Waals surface area contributed by atoms with Gasteiger partial charge in [-0.05, 0) is 198 Å². The first-order valence-electron chi connectivity index (χ1n) is 29.7. The largest absolute Gasteiger partial charge is 0.507 e. The van der Waals surface area contributed by atoms with E-state index in [1.165, 1.54) is 80.1 Å². The van der Waals surface area contributed by atoms with Crippen LogP contribution in [-0.4, -0.2) is 68.2 Å². The monoisotopic (exact) mass is 1090 g/mol. The summed E-state index contributed by atoms with van der Waals surface area (Å²) < 4.78 is 39.0. The minimum Gasteiger partial charge on any atom is -0.507 e. The van der Waals surface area contributed by atoms with Gasteiger partial charge in [-0.1, -0.05) is 106 Å². The van der Waals surface area contributed by atoms with Gasteiger partial charge < -0.3 is 48.5 Å². The quantitative estimate of drug-likeness (QED) is 0.0268. The molecule has 3 unspecified atom stereocenters. The number of phenolic OH excluding ortho intramolecular Hbond substituents is 3. The van der Waals surface area contributed by atoms with E-state index in [0.717, 1.165) is 117 Å². The molecule has 0 bridgehead atoms. The van der Waals surface area contributed by atoms with Crippen LogP contribution in [0.15, 0.2) is 71.3 Å². The third kappa shape index (κ3) is 25.2. The zero-order chi connectivity index (χ0) is 56.2. The van der Waals surface area contributed by atoms with Crippen LogP contribution in [0.2, 0.25) is 0 Å². The number of rotatable bonds is 29. The van der Waals surface area contributed by atoms with E-state index in [0.29, 0.717) is 49.7 Å². The lowest BCUT2D eigenvalue weighted by molar-refractivity contribution is 0.0167. The number of halogens is 1. The highest BCUT2D eigenvalue weighted by Crippen LogP contribution is 2.45. The fraction of sp³-hybridized carbons (Fsp3) is 0.636. The average molecular weight is 1090 g/mol. The van der Waals surface area contributed by atoms with Crippen molar-refractivity contribution in [2.45, 2.75) is 222 Å². The van der Waals surface area contributed by atoms with Crippen LogP contribution in [0.4, 0.5) is 0 Å². The summed E-state index contributed by atoms with van der Waals surface area (Å²) in [6, 6.07) is 12.4. The molecule has 0 heterocycles. The molecule has 0 amide bonds. The van der Waals surface area contributed by atoms with Crippen LogP contribution in [0.5, 0.6) is 34.5 Å². The highest BCUT2D eigenvalue weighted by Gasteiger charge is 2.26. The second kappa shape index (κ2) is 40.1. The molecular formula is C66H103ClO10. The molecular weight excluding hydrogens is 988 g/mol. The van der Waals surface area contributed by atoms with Crippen molar-refractivity contribution in [1.29, 1.82) is 0 Å². The lowest BCUT2D eigenvalue weighted by atomic mass is 9.84. The molecule has 434 valence electrons.